The van der Waals surface area contributed by atoms with Crippen molar-refractivity contribution in [3.05, 3.63) is 29.8 Å². The van der Waals surface area contributed by atoms with Crippen molar-refractivity contribution < 1.29 is 14.3 Å². The normalized spacial score (nSPS) is 18.2. The molecule has 0 aromatic heterocycles. The largest absolute Gasteiger partial charge is 0.491 e. The highest BCUT2D eigenvalue weighted by Gasteiger charge is 2.22. The monoisotopic (exact) mass is 220 g/mol. The summed E-state index contributed by atoms with van der Waals surface area (Å²) in [4.78, 5) is 10.8. The maximum absolute atomic E-state index is 10.8. The Labute approximate surface area is 95.4 Å². The number of hydrogen-bond donors (Lipinski definition) is 0. The van der Waals surface area contributed by atoms with Gasteiger partial charge >= 0.3 is 0 Å². The molecule has 0 spiro atoms. The predicted octanol–water partition coefficient (Wildman–Crippen LogP) is 1.99. The second kappa shape index (κ2) is 5.12. The van der Waals surface area contributed by atoms with Crippen LogP contribution in [0.25, 0.3) is 0 Å². The first-order valence-corrected chi connectivity index (χ1v) is 5.57. The molecule has 0 N–H and O–H groups in total. The lowest BCUT2D eigenvalue weighted by Gasteiger charge is -2.05. The summed E-state index contributed by atoms with van der Waals surface area (Å²) in [5, 5.41) is 0. The van der Waals surface area contributed by atoms with Crippen molar-refractivity contribution in [2.24, 2.45) is 0 Å². The molecule has 1 aliphatic rings. The zero-order valence-corrected chi connectivity index (χ0v) is 9.44. The fourth-order valence-electron chi connectivity index (χ4n) is 1.43. The molecule has 3 heteroatoms. The van der Waals surface area contributed by atoms with Crippen LogP contribution in [0.5, 0.6) is 5.75 Å². The van der Waals surface area contributed by atoms with Crippen LogP contribution < -0.4 is 4.74 Å². The quantitative estimate of drug-likeness (QED) is 0.688. The van der Waals surface area contributed by atoms with E-state index in [4.69, 9.17) is 9.47 Å². The summed E-state index contributed by atoms with van der Waals surface area (Å²) in [6.07, 6.45) is 1.70. The van der Waals surface area contributed by atoms with Crippen LogP contribution in [0.15, 0.2) is 24.3 Å². The second-order valence-electron chi connectivity index (χ2n) is 4.11. The van der Waals surface area contributed by atoms with Crippen LogP contribution >= 0.6 is 0 Å². The van der Waals surface area contributed by atoms with Crippen molar-refractivity contribution in [2.45, 2.75) is 25.9 Å². The Hall–Kier alpha value is -1.35. The molecule has 2 rings (SSSR count). The first kappa shape index (κ1) is 11.1. The Morgan fingerprint density at radius 2 is 2.12 bits per heavy atom. The van der Waals surface area contributed by atoms with Gasteiger partial charge in [-0.3, -0.25) is 0 Å². The molecule has 86 valence electrons. The summed E-state index contributed by atoms with van der Waals surface area (Å²) in [7, 11) is 0. The first-order chi connectivity index (χ1) is 7.74. The molecule has 1 atom stereocenters. The molecule has 1 unspecified atom stereocenters. The summed E-state index contributed by atoms with van der Waals surface area (Å²) in [5.74, 6) is 1.09. The standard InChI is InChI=1S/C13H16O3/c1-10(14)2-3-11-4-6-12(7-5-11)15-8-13-9-16-13/h4-7,13H,2-3,8-9H2,1H3. The summed E-state index contributed by atoms with van der Waals surface area (Å²) in [6, 6.07) is 7.90. The van der Waals surface area contributed by atoms with E-state index in [-0.39, 0.29) is 11.9 Å². The van der Waals surface area contributed by atoms with Gasteiger partial charge in [0.05, 0.1) is 6.61 Å². The van der Waals surface area contributed by atoms with E-state index in [2.05, 4.69) is 0 Å². The third kappa shape index (κ3) is 3.66. The molecule has 1 saturated heterocycles. The minimum atomic E-state index is 0.228. The van der Waals surface area contributed by atoms with Gasteiger partial charge in [-0.2, -0.15) is 0 Å². The van der Waals surface area contributed by atoms with E-state index in [1.54, 1.807) is 6.92 Å². The molecule has 1 aromatic rings. The Kier molecular flexibility index (Phi) is 3.57. The Morgan fingerprint density at radius 1 is 1.44 bits per heavy atom. The lowest BCUT2D eigenvalue weighted by molar-refractivity contribution is -0.116. The van der Waals surface area contributed by atoms with Crippen molar-refractivity contribution >= 4 is 5.78 Å². The smallest absolute Gasteiger partial charge is 0.130 e. The average molecular weight is 220 g/mol. The van der Waals surface area contributed by atoms with Gasteiger partial charge in [-0.1, -0.05) is 12.1 Å². The van der Waals surface area contributed by atoms with Crippen molar-refractivity contribution in [1.82, 2.24) is 0 Å². The van der Waals surface area contributed by atoms with Crippen molar-refractivity contribution in [3.8, 4) is 5.75 Å². The lowest BCUT2D eigenvalue weighted by atomic mass is 10.1. The highest BCUT2D eigenvalue weighted by atomic mass is 16.6. The van der Waals surface area contributed by atoms with Crippen LogP contribution in [-0.2, 0) is 16.0 Å². The highest BCUT2D eigenvalue weighted by Crippen LogP contribution is 2.16. The van der Waals surface area contributed by atoms with E-state index < -0.39 is 0 Å². The summed E-state index contributed by atoms with van der Waals surface area (Å²) >= 11 is 0. The molecule has 16 heavy (non-hydrogen) atoms. The van der Waals surface area contributed by atoms with Crippen LogP contribution in [0.1, 0.15) is 18.9 Å². The van der Waals surface area contributed by atoms with Crippen LogP contribution in [0.4, 0.5) is 0 Å². The number of ether oxygens (including phenoxy) is 2. The van der Waals surface area contributed by atoms with Crippen molar-refractivity contribution in [1.29, 1.82) is 0 Å². The van der Waals surface area contributed by atoms with E-state index >= 15 is 0 Å². The fraction of sp³-hybridized carbons (Fsp3) is 0.462. The SMILES string of the molecule is CC(=O)CCc1ccc(OCC2CO2)cc1. The van der Waals surface area contributed by atoms with Crippen molar-refractivity contribution in [2.75, 3.05) is 13.2 Å². The molecule has 0 radical (unpaired) electrons. The molecule has 1 heterocycles. The molecule has 3 nitrogen and oxygen atoms in total. The van der Waals surface area contributed by atoms with Crippen molar-refractivity contribution in [3.63, 3.8) is 0 Å². The van der Waals surface area contributed by atoms with Gasteiger partial charge < -0.3 is 14.3 Å². The molecule has 1 aliphatic heterocycles. The number of hydrogen-bond acceptors (Lipinski definition) is 3. The molecule has 1 aromatic carbocycles. The van der Waals surface area contributed by atoms with Crippen LogP contribution in [0.3, 0.4) is 0 Å². The molecule has 0 bridgehead atoms. The molecule has 0 amide bonds. The predicted molar refractivity (Wildman–Crippen MR) is 60.7 cm³/mol. The van der Waals surface area contributed by atoms with Gasteiger partial charge in [-0.05, 0) is 31.0 Å². The average Bonchev–Trinajstić information content (AvgIpc) is 3.09. The fourth-order valence-corrected chi connectivity index (χ4v) is 1.43. The molecular weight excluding hydrogens is 204 g/mol. The molecular formula is C13H16O3. The van der Waals surface area contributed by atoms with E-state index in [1.807, 2.05) is 24.3 Å². The number of Topliss-reactive ketones (excluding diaryl/α,β-unsaturated/α-hetero) is 1. The van der Waals surface area contributed by atoms with E-state index in [1.165, 1.54) is 5.56 Å². The summed E-state index contributed by atoms with van der Waals surface area (Å²) in [6.45, 7) is 3.07. The number of carbonyl (C=O) groups excluding carboxylic acids is 1. The molecule has 0 saturated carbocycles. The molecule has 1 fully saturated rings. The minimum Gasteiger partial charge on any atom is -0.491 e. The topological polar surface area (TPSA) is 38.8 Å². The Morgan fingerprint density at radius 3 is 2.69 bits per heavy atom. The number of aryl methyl sites for hydroxylation is 1. The minimum absolute atomic E-state index is 0.228. The Bertz CT molecular complexity index is 352. The van der Waals surface area contributed by atoms with Crippen LogP contribution in [-0.4, -0.2) is 25.1 Å². The first-order valence-electron chi connectivity index (χ1n) is 5.57. The van der Waals surface area contributed by atoms with Crippen LogP contribution in [0.2, 0.25) is 0 Å². The molecule has 0 aliphatic carbocycles. The summed E-state index contributed by atoms with van der Waals surface area (Å²) < 4.78 is 10.6. The highest BCUT2D eigenvalue weighted by molar-refractivity contribution is 5.75. The van der Waals surface area contributed by atoms with E-state index in [9.17, 15) is 4.79 Å². The van der Waals surface area contributed by atoms with Gasteiger partial charge in [-0.15, -0.1) is 0 Å². The maximum Gasteiger partial charge on any atom is 0.130 e. The van der Waals surface area contributed by atoms with Gasteiger partial charge in [0.1, 0.15) is 24.2 Å². The van der Waals surface area contributed by atoms with Gasteiger partial charge in [0.15, 0.2) is 0 Å². The number of carbonyl (C=O) groups is 1. The third-order valence-corrected chi connectivity index (χ3v) is 2.53. The third-order valence-electron chi connectivity index (χ3n) is 2.53. The van der Waals surface area contributed by atoms with Gasteiger partial charge in [0.2, 0.25) is 0 Å². The van der Waals surface area contributed by atoms with Gasteiger partial charge in [0, 0.05) is 6.42 Å². The van der Waals surface area contributed by atoms with E-state index in [0.29, 0.717) is 13.0 Å². The zero-order valence-electron chi connectivity index (χ0n) is 9.44. The maximum atomic E-state index is 10.8. The lowest BCUT2D eigenvalue weighted by Crippen LogP contribution is -2.03. The number of ketones is 1. The van der Waals surface area contributed by atoms with Crippen LogP contribution in [0, 0.1) is 0 Å². The number of benzene rings is 1. The number of rotatable bonds is 6. The van der Waals surface area contributed by atoms with E-state index in [0.717, 1.165) is 18.8 Å². The second-order valence-corrected chi connectivity index (χ2v) is 4.11. The zero-order chi connectivity index (χ0) is 11.4. The van der Waals surface area contributed by atoms with Gasteiger partial charge in [0.25, 0.3) is 0 Å². The Balaban J connectivity index is 1.80. The summed E-state index contributed by atoms with van der Waals surface area (Å²) in [5.41, 5.74) is 1.17. The van der Waals surface area contributed by atoms with Gasteiger partial charge in [-0.25, -0.2) is 0 Å². The number of epoxide rings is 1.